The van der Waals surface area contributed by atoms with Crippen molar-refractivity contribution in [3.63, 3.8) is 0 Å². The maximum Gasteiger partial charge on any atom is 0.253 e. The van der Waals surface area contributed by atoms with Crippen molar-refractivity contribution in [1.29, 1.82) is 0 Å². The van der Waals surface area contributed by atoms with E-state index in [2.05, 4.69) is 30.9 Å². The minimum Gasteiger partial charge on any atom is -0.340 e. The average Bonchev–Trinajstić information content (AvgIpc) is 3.03. The first-order chi connectivity index (χ1) is 13.9. The molecule has 2 fully saturated rings. The van der Waals surface area contributed by atoms with Crippen LogP contribution in [0, 0.1) is 17.7 Å². The van der Waals surface area contributed by atoms with Crippen molar-refractivity contribution >= 4 is 5.91 Å². The van der Waals surface area contributed by atoms with E-state index in [9.17, 15) is 9.18 Å². The fraction of sp³-hybridized carbons (Fsp3) is 0.480. The van der Waals surface area contributed by atoms with Crippen LogP contribution in [0.25, 0.3) is 0 Å². The summed E-state index contributed by atoms with van der Waals surface area (Å²) in [5, 5.41) is 0. The highest BCUT2D eigenvalue weighted by atomic mass is 19.1. The van der Waals surface area contributed by atoms with Gasteiger partial charge in [0, 0.05) is 38.8 Å². The molecule has 29 heavy (non-hydrogen) atoms. The maximum atomic E-state index is 13.2. The first-order valence-corrected chi connectivity index (χ1v) is 10.8. The van der Waals surface area contributed by atoms with Crippen LogP contribution in [-0.4, -0.2) is 48.9 Å². The topological polar surface area (TPSA) is 23.6 Å². The van der Waals surface area contributed by atoms with E-state index in [0.717, 1.165) is 37.7 Å². The lowest BCUT2D eigenvalue weighted by molar-refractivity contribution is 0.0781. The summed E-state index contributed by atoms with van der Waals surface area (Å²) in [4.78, 5) is 17.0. The lowest BCUT2D eigenvalue weighted by Crippen LogP contribution is -2.35. The van der Waals surface area contributed by atoms with Crippen molar-refractivity contribution < 1.29 is 9.18 Å². The molecule has 4 heteroatoms. The summed E-state index contributed by atoms with van der Waals surface area (Å²) in [6, 6.07) is 15.0. The highest BCUT2D eigenvalue weighted by molar-refractivity contribution is 5.94. The molecule has 3 atom stereocenters. The Morgan fingerprint density at radius 1 is 1.10 bits per heavy atom. The predicted octanol–water partition coefficient (Wildman–Crippen LogP) is 4.76. The molecule has 1 amide bonds. The van der Waals surface area contributed by atoms with E-state index in [4.69, 9.17) is 0 Å². The summed E-state index contributed by atoms with van der Waals surface area (Å²) in [5.74, 6) is 2.38. The van der Waals surface area contributed by atoms with Gasteiger partial charge >= 0.3 is 0 Å². The molecule has 1 saturated heterocycles. The van der Waals surface area contributed by atoms with E-state index in [1.165, 1.54) is 17.5 Å². The standard InChI is InChI=1S/C25H31FN2O/c1-17(2)18-4-6-20(7-5-18)25(29)27(3)12-13-28-15-21-14-23(24(21)16-28)19-8-10-22(26)11-9-19/h4-11,17,21,23-24H,12-16H2,1-3H3. The van der Waals surface area contributed by atoms with Crippen LogP contribution in [0.1, 0.15) is 53.6 Å². The fourth-order valence-corrected chi connectivity index (χ4v) is 4.90. The molecule has 1 aliphatic carbocycles. The number of fused-ring (bicyclic) bond motifs is 1. The van der Waals surface area contributed by atoms with E-state index in [1.54, 1.807) is 12.1 Å². The molecule has 1 heterocycles. The van der Waals surface area contributed by atoms with Crippen LogP contribution in [0.4, 0.5) is 4.39 Å². The molecule has 2 aromatic rings. The minimum absolute atomic E-state index is 0.0895. The molecule has 4 rings (SSSR count). The zero-order valence-corrected chi connectivity index (χ0v) is 17.6. The van der Waals surface area contributed by atoms with E-state index < -0.39 is 0 Å². The van der Waals surface area contributed by atoms with Gasteiger partial charge in [-0.1, -0.05) is 38.1 Å². The number of rotatable bonds is 6. The molecule has 3 nitrogen and oxygen atoms in total. The van der Waals surface area contributed by atoms with E-state index in [-0.39, 0.29) is 11.7 Å². The van der Waals surface area contributed by atoms with Gasteiger partial charge in [0.25, 0.3) is 5.91 Å². The molecule has 0 spiro atoms. The zero-order chi connectivity index (χ0) is 20.5. The Morgan fingerprint density at radius 2 is 1.79 bits per heavy atom. The Morgan fingerprint density at radius 3 is 2.45 bits per heavy atom. The van der Waals surface area contributed by atoms with Gasteiger partial charge in [0.15, 0.2) is 0 Å². The van der Waals surface area contributed by atoms with Gasteiger partial charge in [-0.25, -0.2) is 4.39 Å². The molecule has 0 bridgehead atoms. The van der Waals surface area contributed by atoms with Crippen LogP contribution in [0.2, 0.25) is 0 Å². The number of hydrogen-bond donors (Lipinski definition) is 0. The maximum absolute atomic E-state index is 13.2. The van der Waals surface area contributed by atoms with Crippen molar-refractivity contribution in [2.24, 2.45) is 11.8 Å². The summed E-state index contributed by atoms with van der Waals surface area (Å²) in [6.07, 6.45) is 1.20. The third kappa shape index (κ3) is 4.23. The van der Waals surface area contributed by atoms with Crippen molar-refractivity contribution in [1.82, 2.24) is 9.80 Å². The molecule has 0 aromatic heterocycles. The van der Waals surface area contributed by atoms with Gasteiger partial charge < -0.3 is 9.80 Å². The van der Waals surface area contributed by atoms with Gasteiger partial charge in [0.2, 0.25) is 0 Å². The number of amides is 1. The van der Waals surface area contributed by atoms with E-state index >= 15 is 0 Å². The Balaban J connectivity index is 1.27. The zero-order valence-electron chi connectivity index (χ0n) is 17.6. The van der Waals surface area contributed by atoms with Crippen LogP contribution >= 0.6 is 0 Å². The summed E-state index contributed by atoms with van der Waals surface area (Å²) in [6.45, 7) is 8.17. The normalized spacial score (nSPS) is 23.7. The molecule has 0 N–H and O–H groups in total. The third-order valence-corrected chi connectivity index (χ3v) is 6.86. The number of likely N-dealkylation sites (N-methyl/N-ethyl adjacent to an activating group) is 1. The number of nitrogens with zero attached hydrogens (tertiary/aromatic N) is 2. The van der Waals surface area contributed by atoms with Gasteiger partial charge in [0.05, 0.1) is 0 Å². The van der Waals surface area contributed by atoms with Gasteiger partial charge in [-0.15, -0.1) is 0 Å². The molecule has 1 aliphatic heterocycles. The highest BCUT2D eigenvalue weighted by Gasteiger charge is 2.47. The van der Waals surface area contributed by atoms with Crippen molar-refractivity contribution in [2.75, 3.05) is 33.2 Å². The lowest BCUT2D eigenvalue weighted by atomic mass is 9.64. The molecule has 1 saturated carbocycles. The van der Waals surface area contributed by atoms with Crippen LogP contribution in [0.3, 0.4) is 0 Å². The fourth-order valence-electron chi connectivity index (χ4n) is 4.90. The molecule has 0 radical (unpaired) electrons. The van der Waals surface area contributed by atoms with E-state index in [1.807, 2.05) is 36.2 Å². The average molecular weight is 395 g/mol. The number of hydrogen-bond acceptors (Lipinski definition) is 2. The first-order valence-electron chi connectivity index (χ1n) is 10.8. The SMILES string of the molecule is CC(C)c1ccc(C(=O)N(C)CCN2CC3CC(c4ccc(F)cc4)C3C2)cc1. The second-order valence-electron chi connectivity index (χ2n) is 9.08. The summed E-state index contributed by atoms with van der Waals surface area (Å²) in [5.41, 5.74) is 3.29. The monoisotopic (exact) mass is 394 g/mol. The number of carbonyl (C=O) groups excluding carboxylic acids is 1. The summed E-state index contributed by atoms with van der Waals surface area (Å²) < 4.78 is 13.2. The van der Waals surface area contributed by atoms with Gasteiger partial charge in [-0.05, 0) is 65.5 Å². The van der Waals surface area contributed by atoms with Crippen LogP contribution < -0.4 is 0 Å². The summed E-state index contributed by atoms with van der Waals surface area (Å²) in [7, 11) is 1.89. The third-order valence-electron chi connectivity index (χ3n) is 6.86. The molecular weight excluding hydrogens is 363 g/mol. The van der Waals surface area contributed by atoms with Gasteiger partial charge in [-0.2, -0.15) is 0 Å². The Hall–Kier alpha value is -2.20. The van der Waals surface area contributed by atoms with Gasteiger partial charge in [0.1, 0.15) is 5.82 Å². The number of carbonyl (C=O) groups is 1. The van der Waals surface area contributed by atoms with E-state index in [0.29, 0.717) is 17.8 Å². The largest absolute Gasteiger partial charge is 0.340 e. The molecule has 3 unspecified atom stereocenters. The smallest absolute Gasteiger partial charge is 0.253 e. The molecule has 2 aromatic carbocycles. The quantitative estimate of drug-likeness (QED) is 0.705. The Kier molecular flexibility index (Phi) is 5.73. The van der Waals surface area contributed by atoms with Crippen LogP contribution in [-0.2, 0) is 0 Å². The second kappa shape index (κ2) is 8.27. The Bertz CT molecular complexity index is 846. The summed E-state index contributed by atoms with van der Waals surface area (Å²) >= 11 is 0. The van der Waals surface area contributed by atoms with Gasteiger partial charge in [-0.3, -0.25) is 4.79 Å². The molecule has 154 valence electrons. The molecule has 2 aliphatic rings. The van der Waals surface area contributed by atoms with Crippen molar-refractivity contribution in [3.8, 4) is 0 Å². The van der Waals surface area contributed by atoms with Crippen LogP contribution in [0.5, 0.6) is 0 Å². The second-order valence-corrected chi connectivity index (χ2v) is 9.08. The highest BCUT2D eigenvalue weighted by Crippen LogP contribution is 2.51. The lowest BCUT2D eigenvalue weighted by Gasteiger charge is -2.40. The Labute approximate surface area is 173 Å². The van der Waals surface area contributed by atoms with Crippen molar-refractivity contribution in [2.45, 2.75) is 32.1 Å². The predicted molar refractivity (Wildman–Crippen MR) is 115 cm³/mol. The first kappa shape index (κ1) is 20.1. The molecular formula is C25H31FN2O. The van der Waals surface area contributed by atoms with Crippen molar-refractivity contribution in [3.05, 3.63) is 71.0 Å². The minimum atomic E-state index is -0.163. The number of likely N-dealkylation sites (tertiary alicyclic amines) is 1. The van der Waals surface area contributed by atoms with Crippen LogP contribution in [0.15, 0.2) is 48.5 Å². The number of benzene rings is 2. The number of halogens is 1.